The number of pyridine rings is 3. The van der Waals surface area contributed by atoms with Gasteiger partial charge in [0.2, 0.25) is 0 Å². The van der Waals surface area contributed by atoms with E-state index in [9.17, 15) is 5.11 Å². The van der Waals surface area contributed by atoms with E-state index in [1.165, 1.54) is 5.56 Å². The van der Waals surface area contributed by atoms with Crippen molar-refractivity contribution in [2.45, 2.75) is 20.0 Å². The Bertz CT molecular complexity index is 1140. The van der Waals surface area contributed by atoms with Crippen molar-refractivity contribution < 1.29 is 5.11 Å². The second kappa shape index (κ2) is 7.62. The predicted molar refractivity (Wildman–Crippen MR) is 112 cm³/mol. The average molecular weight is 371 g/mol. The number of nitrogen functional groups attached to an aromatic ring is 1. The lowest BCUT2D eigenvalue weighted by Gasteiger charge is -2.11. The van der Waals surface area contributed by atoms with Crippen LogP contribution in [0, 0.1) is 0 Å². The van der Waals surface area contributed by atoms with Crippen molar-refractivity contribution in [1.82, 2.24) is 15.0 Å². The van der Waals surface area contributed by atoms with Gasteiger partial charge < -0.3 is 16.2 Å². The van der Waals surface area contributed by atoms with Gasteiger partial charge in [0.25, 0.3) is 0 Å². The number of rotatable bonds is 5. The van der Waals surface area contributed by atoms with Crippen LogP contribution in [0.15, 0.2) is 60.8 Å². The maximum Gasteiger partial charge on any atom is 0.133 e. The summed E-state index contributed by atoms with van der Waals surface area (Å²) < 4.78 is 0. The Morgan fingerprint density at radius 2 is 1.86 bits per heavy atom. The number of aryl methyl sites for hydroxylation is 1. The second-order valence-electron chi connectivity index (χ2n) is 6.49. The average Bonchev–Trinajstić information content (AvgIpc) is 2.73. The third-order valence-electron chi connectivity index (χ3n) is 4.64. The molecule has 4 aromatic rings. The van der Waals surface area contributed by atoms with Crippen molar-refractivity contribution >= 4 is 28.2 Å². The first-order valence-electron chi connectivity index (χ1n) is 9.16. The van der Waals surface area contributed by atoms with Crippen LogP contribution in [0.5, 0.6) is 0 Å². The standard InChI is InChI=1S/C22H21N5O/c1-2-14-6-3-4-8-17(14)19-10-15-11-21(24-12-18(15)22(23)26-19)27-20-9-5-7-16(13-28)25-20/h3-12,28H,2,13H2,1H3,(H2,23,26)(H,24,25,27). The smallest absolute Gasteiger partial charge is 0.133 e. The molecule has 0 saturated heterocycles. The van der Waals surface area contributed by atoms with Crippen LogP contribution in [0.1, 0.15) is 18.2 Å². The minimum Gasteiger partial charge on any atom is -0.390 e. The molecule has 6 nitrogen and oxygen atoms in total. The number of benzene rings is 1. The largest absolute Gasteiger partial charge is 0.390 e. The Labute approximate surface area is 163 Å². The van der Waals surface area contributed by atoms with E-state index in [1.807, 2.05) is 36.4 Å². The molecule has 0 aliphatic rings. The van der Waals surface area contributed by atoms with Gasteiger partial charge >= 0.3 is 0 Å². The first kappa shape index (κ1) is 17.9. The van der Waals surface area contributed by atoms with Crippen LogP contribution < -0.4 is 11.1 Å². The van der Waals surface area contributed by atoms with E-state index in [4.69, 9.17) is 5.73 Å². The zero-order valence-electron chi connectivity index (χ0n) is 15.6. The van der Waals surface area contributed by atoms with Crippen LogP contribution in [0.2, 0.25) is 0 Å². The minimum atomic E-state index is -0.108. The Balaban J connectivity index is 1.76. The molecule has 0 fully saturated rings. The highest BCUT2D eigenvalue weighted by molar-refractivity contribution is 5.94. The summed E-state index contributed by atoms with van der Waals surface area (Å²) in [5.74, 6) is 1.73. The van der Waals surface area contributed by atoms with E-state index in [-0.39, 0.29) is 6.61 Å². The highest BCUT2D eigenvalue weighted by atomic mass is 16.3. The molecule has 6 heteroatoms. The Morgan fingerprint density at radius 3 is 2.68 bits per heavy atom. The van der Waals surface area contributed by atoms with Crippen molar-refractivity contribution in [3.8, 4) is 11.3 Å². The fraction of sp³-hybridized carbons (Fsp3) is 0.136. The van der Waals surface area contributed by atoms with Gasteiger partial charge in [0.15, 0.2) is 0 Å². The molecule has 28 heavy (non-hydrogen) atoms. The maximum absolute atomic E-state index is 9.25. The number of nitrogens with two attached hydrogens (primary N) is 1. The second-order valence-corrected chi connectivity index (χ2v) is 6.49. The topological polar surface area (TPSA) is 97.0 Å². The molecule has 0 saturated carbocycles. The van der Waals surface area contributed by atoms with E-state index < -0.39 is 0 Å². The molecule has 3 heterocycles. The molecule has 0 unspecified atom stereocenters. The maximum atomic E-state index is 9.25. The Kier molecular flexibility index (Phi) is 4.87. The number of fused-ring (bicyclic) bond motifs is 1. The molecule has 0 atom stereocenters. The number of aromatic nitrogens is 3. The zero-order valence-corrected chi connectivity index (χ0v) is 15.6. The molecule has 3 aromatic heterocycles. The Hall–Kier alpha value is -3.51. The van der Waals surface area contributed by atoms with E-state index in [0.717, 1.165) is 28.5 Å². The molecule has 0 aliphatic carbocycles. The van der Waals surface area contributed by atoms with Crippen molar-refractivity contribution in [2.75, 3.05) is 11.1 Å². The lowest BCUT2D eigenvalue weighted by atomic mass is 10.0. The first-order chi connectivity index (χ1) is 13.7. The van der Waals surface area contributed by atoms with Crippen molar-refractivity contribution in [1.29, 1.82) is 0 Å². The number of nitrogens with one attached hydrogen (secondary N) is 1. The summed E-state index contributed by atoms with van der Waals surface area (Å²) in [6, 6.07) is 17.6. The lowest BCUT2D eigenvalue weighted by Crippen LogP contribution is -2.00. The fourth-order valence-electron chi connectivity index (χ4n) is 3.23. The normalized spacial score (nSPS) is 10.9. The van der Waals surface area contributed by atoms with Gasteiger partial charge in [-0.1, -0.05) is 37.3 Å². The predicted octanol–water partition coefficient (Wildman–Crippen LogP) is 4.07. The summed E-state index contributed by atoms with van der Waals surface area (Å²) in [5.41, 5.74) is 9.97. The molecule has 140 valence electrons. The molecule has 0 spiro atoms. The molecule has 0 radical (unpaired) electrons. The summed E-state index contributed by atoms with van der Waals surface area (Å²) in [6.45, 7) is 2.02. The monoisotopic (exact) mass is 371 g/mol. The van der Waals surface area contributed by atoms with Gasteiger partial charge in [0.05, 0.1) is 18.0 Å². The lowest BCUT2D eigenvalue weighted by molar-refractivity contribution is 0.277. The van der Waals surface area contributed by atoms with Gasteiger partial charge in [0.1, 0.15) is 17.5 Å². The van der Waals surface area contributed by atoms with Gasteiger partial charge in [0, 0.05) is 17.1 Å². The molecular weight excluding hydrogens is 350 g/mol. The van der Waals surface area contributed by atoms with E-state index in [0.29, 0.717) is 23.1 Å². The van der Waals surface area contributed by atoms with Crippen molar-refractivity contribution in [3.63, 3.8) is 0 Å². The van der Waals surface area contributed by atoms with Gasteiger partial charge in [-0.15, -0.1) is 0 Å². The van der Waals surface area contributed by atoms with Crippen LogP contribution in [-0.2, 0) is 13.0 Å². The van der Waals surface area contributed by atoms with Crippen LogP contribution in [0.25, 0.3) is 22.0 Å². The highest BCUT2D eigenvalue weighted by Gasteiger charge is 2.10. The van der Waals surface area contributed by atoms with Crippen LogP contribution in [0.4, 0.5) is 17.5 Å². The summed E-state index contributed by atoms with van der Waals surface area (Å²) in [7, 11) is 0. The highest BCUT2D eigenvalue weighted by Crippen LogP contribution is 2.29. The van der Waals surface area contributed by atoms with Gasteiger partial charge in [-0.05, 0) is 41.6 Å². The van der Waals surface area contributed by atoms with Crippen LogP contribution >= 0.6 is 0 Å². The van der Waals surface area contributed by atoms with Crippen molar-refractivity contribution in [3.05, 3.63) is 72.1 Å². The fourth-order valence-corrected chi connectivity index (χ4v) is 3.23. The first-order valence-corrected chi connectivity index (χ1v) is 9.16. The number of hydrogen-bond donors (Lipinski definition) is 3. The quantitative estimate of drug-likeness (QED) is 0.489. The molecule has 4 N–H and O–H groups in total. The van der Waals surface area contributed by atoms with Crippen LogP contribution in [-0.4, -0.2) is 20.1 Å². The molecule has 4 rings (SSSR count). The number of anilines is 3. The van der Waals surface area contributed by atoms with Crippen molar-refractivity contribution in [2.24, 2.45) is 0 Å². The van der Waals surface area contributed by atoms with E-state index >= 15 is 0 Å². The molecule has 0 aliphatic heterocycles. The number of nitrogens with zero attached hydrogens (tertiary/aromatic N) is 3. The van der Waals surface area contributed by atoms with Crippen LogP contribution in [0.3, 0.4) is 0 Å². The number of hydrogen-bond acceptors (Lipinski definition) is 6. The summed E-state index contributed by atoms with van der Waals surface area (Å²) in [6.07, 6.45) is 2.64. The molecule has 0 bridgehead atoms. The third kappa shape index (κ3) is 3.50. The third-order valence-corrected chi connectivity index (χ3v) is 4.64. The summed E-state index contributed by atoms with van der Waals surface area (Å²) >= 11 is 0. The van der Waals surface area contributed by atoms with E-state index in [1.54, 1.807) is 12.3 Å². The number of aliphatic hydroxyl groups excluding tert-OH is 1. The van der Waals surface area contributed by atoms with Gasteiger partial charge in [-0.25, -0.2) is 15.0 Å². The number of aliphatic hydroxyl groups is 1. The molecule has 0 amide bonds. The molecule has 1 aromatic carbocycles. The van der Waals surface area contributed by atoms with E-state index in [2.05, 4.69) is 39.3 Å². The molecular formula is C22H21N5O. The SMILES string of the molecule is CCc1ccccc1-c1cc2cc(Nc3cccc(CO)n3)ncc2c(N)n1. The summed E-state index contributed by atoms with van der Waals surface area (Å²) in [4.78, 5) is 13.3. The summed E-state index contributed by atoms with van der Waals surface area (Å²) in [5, 5.41) is 14.2. The van der Waals surface area contributed by atoms with Gasteiger partial charge in [-0.3, -0.25) is 0 Å². The minimum absolute atomic E-state index is 0.108. The Morgan fingerprint density at radius 1 is 1.00 bits per heavy atom. The zero-order chi connectivity index (χ0) is 19.5. The van der Waals surface area contributed by atoms with Gasteiger partial charge in [-0.2, -0.15) is 0 Å².